The van der Waals surface area contributed by atoms with Gasteiger partial charge < -0.3 is 4.57 Å². The molecule has 2 aliphatic rings. The zero-order chi connectivity index (χ0) is 22.4. The first kappa shape index (κ1) is 19.7. The molecule has 1 saturated heterocycles. The van der Waals surface area contributed by atoms with Crippen molar-refractivity contribution in [3.05, 3.63) is 120 Å². The molecule has 0 radical (unpaired) electrons. The predicted octanol–water partition coefficient (Wildman–Crippen LogP) is 4.74. The highest BCUT2D eigenvalue weighted by atomic mass is 16.2. The number of aromatic nitrogens is 2. The molecule has 0 unspecified atom stereocenters. The standard InChI is InChI=1S/C28H23N3O2/c32-27-23-16-22(20-12-6-2-7-13-20)25-26(30(18-29-25)17-19-10-4-1-5-11-19)24(23)28(33)31(27)21-14-8-3-9-15-21/h1-15,18,22-24H,16-17H2/t22-,23+,24+/m1/s1. The van der Waals surface area contributed by atoms with Crippen molar-refractivity contribution in [2.75, 3.05) is 4.90 Å². The Kier molecular flexibility index (Phi) is 4.68. The largest absolute Gasteiger partial charge is 0.329 e. The summed E-state index contributed by atoms with van der Waals surface area (Å²) in [6.07, 6.45) is 2.41. The van der Waals surface area contributed by atoms with Gasteiger partial charge in [0.2, 0.25) is 11.8 Å². The summed E-state index contributed by atoms with van der Waals surface area (Å²) in [5, 5.41) is 0. The van der Waals surface area contributed by atoms with Gasteiger partial charge in [-0.3, -0.25) is 9.59 Å². The number of carbonyl (C=O) groups excluding carboxylic acids is 2. The van der Waals surface area contributed by atoms with Gasteiger partial charge in [-0.05, 0) is 29.7 Å². The van der Waals surface area contributed by atoms with Crippen LogP contribution in [0.1, 0.15) is 40.8 Å². The molecule has 0 spiro atoms. The molecule has 2 heterocycles. The number of benzene rings is 3. The Labute approximate surface area is 192 Å². The second kappa shape index (κ2) is 7.85. The monoisotopic (exact) mass is 433 g/mol. The lowest BCUT2D eigenvalue weighted by Crippen LogP contribution is -2.30. The molecule has 3 aromatic carbocycles. The van der Waals surface area contributed by atoms with E-state index in [2.05, 4.69) is 28.8 Å². The molecule has 0 saturated carbocycles. The number of anilines is 1. The van der Waals surface area contributed by atoms with Crippen LogP contribution < -0.4 is 4.90 Å². The van der Waals surface area contributed by atoms with E-state index in [1.54, 1.807) is 0 Å². The Balaban J connectivity index is 1.49. The summed E-state index contributed by atoms with van der Waals surface area (Å²) >= 11 is 0. The molecule has 6 rings (SSSR count). The van der Waals surface area contributed by atoms with Gasteiger partial charge in [0.1, 0.15) is 0 Å². The van der Waals surface area contributed by atoms with Crippen LogP contribution in [0.5, 0.6) is 0 Å². The molecule has 3 atom stereocenters. The molecule has 4 aromatic rings. The van der Waals surface area contributed by atoms with E-state index in [9.17, 15) is 9.59 Å². The second-order valence-electron chi connectivity index (χ2n) is 8.76. The van der Waals surface area contributed by atoms with Crippen LogP contribution in [0, 0.1) is 5.92 Å². The molecule has 1 aliphatic heterocycles. The molecule has 162 valence electrons. The third-order valence-electron chi connectivity index (χ3n) is 6.86. The number of para-hydroxylation sites is 1. The third kappa shape index (κ3) is 3.20. The first-order valence-electron chi connectivity index (χ1n) is 11.3. The van der Waals surface area contributed by atoms with Gasteiger partial charge >= 0.3 is 0 Å². The second-order valence-corrected chi connectivity index (χ2v) is 8.76. The number of hydrogen-bond acceptors (Lipinski definition) is 3. The van der Waals surface area contributed by atoms with E-state index in [1.165, 1.54) is 4.90 Å². The Bertz CT molecular complexity index is 1320. The van der Waals surface area contributed by atoms with Gasteiger partial charge in [0.15, 0.2) is 0 Å². The van der Waals surface area contributed by atoms with Crippen LogP contribution in [0.15, 0.2) is 97.3 Å². The quantitative estimate of drug-likeness (QED) is 0.437. The number of hydrogen-bond donors (Lipinski definition) is 0. The molecule has 1 aliphatic carbocycles. The van der Waals surface area contributed by atoms with Crippen molar-refractivity contribution in [3.8, 4) is 0 Å². The van der Waals surface area contributed by atoms with Gasteiger partial charge in [0.25, 0.3) is 0 Å². The van der Waals surface area contributed by atoms with Crippen LogP contribution in [0.25, 0.3) is 0 Å². The predicted molar refractivity (Wildman–Crippen MR) is 126 cm³/mol. The Morgan fingerprint density at radius 3 is 2.12 bits per heavy atom. The number of fused-ring (bicyclic) bond motifs is 3. The maximum atomic E-state index is 13.7. The van der Waals surface area contributed by atoms with Crippen LogP contribution in [-0.2, 0) is 16.1 Å². The minimum Gasteiger partial charge on any atom is -0.329 e. The van der Waals surface area contributed by atoms with E-state index in [-0.39, 0.29) is 17.7 Å². The Hall–Kier alpha value is -3.99. The number of amides is 2. The summed E-state index contributed by atoms with van der Waals surface area (Å²) in [5.74, 6) is -1.21. The van der Waals surface area contributed by atoms with Crippen LogP contribution in [-0.4, -0.2) is 21.4 Å². The average Bonchev–Trinajstić information content (AvgIpc) is 3.38. The highest BCUT2D eigenvalue weighted by Crippen LogP contribution is 2.50. The zero-order valence-electron chi connectivity index (χ0n) is 18.0. The average molecular weight is 434 g/mol. The normalized spacial score (nSPS) is 21.7. The molecule has 0 bridgehead atoms. The first-order valence-corrected chi connectivity index (χ1v) is 11.3. The fourth-order valence-corrected chi connectivity index (χ4v) is 5.37. The van der Waals surface area contributed by atoms with Crippen molar-refractivity contribution in [3.63, 3.8) is 0 Å². The summed E-state index contributed by atoms with van der Waals surface area (Å²) in [6.45, 7) is 0.612. The highest BCUT2D eigenvalue weighted by molar-refractivity contribution is 6.24. The molecule has 1 aromatic heterocycles. The number of imide groups is 1. The van der Waals surface area contributed by atoms with E-state index < -0.39 is 11.8 Å². The van der Waals surface area contributed by atoms with Crippen LogP contribution in [0.4, 0.5) is 5.69 Å². The summed E-state index contributed by atoms with van der Waals surface area (Å²) < 4.78 is 2.07. The Morgan fingerprint density at radius 2 is 1.42 bits per heavy atom. The topological polar surface area (TPSA) is 55.2 Å². The number of carbonyl (C=O) groups is 2. The first-order chi connectivity index (χ1) is 16.2. The molecule has 1 fully saturated rings. The lowest BCUT2D eigenvalue weighted by molar-refractivity contribution is -0.122. The van der Waals surface area contributed by atoms with Crippen molar-refractivity contribution in [2.24, 2.45) is 5.92 Å². The van der Waals surface area contributed by atoms with Crippen LogP contribution in [0.2, 0.25) is 0 Å². The van der Waals surface area contributed by atoms with Crippen LogP contribution >= 0.6 is 0 Å². The van der Waals surface area contributed by atoms with E-state index in [0.717, 1.165) is 22.5 Å². The summed E-state index contributed by atoms with van der Waals surface area (Å²) in [6, 6.07) is 29.6. The lowest BCUT2D eigenvalue weighted by atomic mass is 9.73. The molecular formula is C28H23N3O2. The minimum atomic E-state index is -0.515. The van der Waals surface area contributed by atoms with Gasteiger partial charge in [-0.2, -0.15) is 0 Å². The molecule has 2 amide bonds. The maximum absolute atomic E-state index is 13.7. The SMILES string of the molecule is O=C1[C@H]2C[C@H](c3ccccc3)c3ncn(Cc4ccccc4)c3[C@H]2C(=O)N1c1ccccc1. The summed E-state index contributed by atoms with van der Waals surface area (Å²) in [5.41, 5.74) is 4.68. The van der Waals surface area contributed by atoms with Gasteiger partial charge in [0.05, 0.1) is 35.2 Å². The number of imidazole rings is 1. The molecule has 0 N–H and O–H groups in total. The Morgan fingerprint density at radius 1 is 0.788 bits per heavy atom. The van der Waals surface area contributed by atoms with Crippen molar-refractivity contribution in [1.82, 2.24) is 9.55 Å². The van der Waals surface area contributed by atoms with Gasteiger partial charge in [-0.25, -0.2) is 9.88 Å². The number of rotatable bonds is 4. The van der Waals surface area contributed by atoms with E-state index >= 15 is 0 Å². The maximum Gasteiger partial charge on any atom is 0.243 e. The smallest absolute Gasteiger partial charge is 0.243 e. The van der Waals surface area contributed by atoms with E-state index in [4.69, 9.17) is 4.98 Å². The minimum absolute atomic E-state index is 0.0213. The van der Waals surface area contributed by atoms with Crippen LogP contribution in [0.3, 0.4) is 0 Å². The fraction of sp³-hybridized carbons (Fsp3) is 0.179. The molecular weight excluding hydrogens is 410 g/mol. The lowest BCUT2D eigenvalue weighted by Gasteiger charge is -2.30. The van der Waals surface area contributed by atoms with E-state index in [1.807, 2.05) is 73.1 Å². The molecule has 33 heavy (non-hydrogen) atoms. The van der Waals surface area contributed by atoms with Gasteiger partial charge in [-0.1, -0.05) is 78.9 Å². The highest BCUT2D eigenvalue weighted by Gasteiger charge is 2.54. The van der Waals surface area contributed by atoms with Crippen molar-refractivity contribution >= 4 is 17.5 Å². The number of nitrogens with zero attached hydrogens (tertiary/aromatic N) is 3. The fourth-order valence-electron chi connectivity index (χ4n) is 5.37. The molecule has 5 heteroatoms. The van der Waals surface area contributed by atoms with Gasteiger partial charge in [0, 0.05) is 12.5 Å². The summed E-state index contributed by atoms with van der Waals surface area (Å²) in [7, 11) is 0. The van der Waals surface area contributed by atoms with Crippen molar-refractivity contribution < 1.29 is 9.59 Å². The zero-order valence-corrected chi connectivity index (χ0v) is 18.0. The summed E-state index contributed by atoms with van der Waals surface area (Å²) in [4.78, 5) is 33.5. The van der Waals surface area contributed by atoms with Gasteiger partial charge in [-0.15, -0.1) is 0 Å². The van der Waals surface area contributed by atoms with Crippen molar-refractivity contribution in [1.29, 1.82) is 0 Å². The molecule has 5 nitrogen and oxygen atoms in total. The van der Waals surface area contributed by atoms with E-state index in [0.29, 0.717) is 18.7 Å². The van der Waals surface area contributed by atoms with Crippen molar-refractivity contribution in [2.45, 2.75) is 24.8 Å². The third-order valence-corrected chi connectivity index (χ3v) is 6.86.